The molecule has 0 saturated carbocycles. The Morgan fingerprint density at radius 1 is 1.03 bits per heavy atom. The summed E-state index contributed by atoms with van der Waals surface area (Å²) in [6.45, 7) is 6.87. The second kappa shape index (κ2) is 10.1. The van der Waals surface area contributed by atoms with Crippen LogP contribution in [0.4, 0.5) is 5.82 Å². The molecule has 2 N–H and O–H groups in total. The third-order valence-corrected chi connectivity index (χ3v) is 6.44. The monoisotopic (exact) mass is 455 g/mol. The highest BCUT2D eigenvalue weighted by molar-refractivity contribution is 7.89. The van der Waals surface area contributed by atoms with E-state index in [1.807, 2.05) is 24.3 Å². The van der Waals surface area contributed by atoms with Gasteiger partial charge >= 0.3 is 0 Å². The number of pyridine rings is 1. The highest BCUT2D eigenvalue weighted by Crippen LogP contribution is 2.23. The lowest BCUT2D eigenvalue weighted by atomic mass is 9.87. The maximum absolute atomic E-state index is 12.5. The van der Waals surface area contributed by atoms with Gasteiger partial charge in [-0.2, -0.15) is 5.10 Å². The number of rotatable bonds is 9. The van der Waals surface area contributed by atoms with Crippen molar-refractivity contribution >= 4 is 21.7 Å². The number of anilines is 1. The molecule has 0 bridgehead atoms. The summed E-state index contributed by atoms with van der Waals surface area (Å²) in [7, 11) is -3.67. The first kappa shape index (κ1) is 23.6. The molecule has 32 heavy (non-hydrogen) atoms. The van der Waals surface area contributed by atoms with Crippen molar-refractivity contribution in [1.29, 1.82) is 0 Å². The third kappa shape index (κ3) is 6.73. The Kier molecular flexibility index (Phi) is 7.42. The molecule has 8 nitrogen and oxygen atoms in total. The Morgan fingerprint density at radius 3 is 2.38 bits per heavy atom. The molecule has 0 fully saturated rings. The number of aromatic nitrogens is 3. The largest absolute Gasteiger partial charge is 0.309 e. The number of aryl methyl sites for hydroxylation is 2. The van der Waals surface area contributed by atoms with Gasteiger partial charge in [0, 0.05) is 44.2 Å². The molecular weight excluding hydrogens is 426 g/mol. The summed E-state index contributed by atoms with van der Waals surface area (Å²) in [5.41, 5.74) is 2.15. The summed E-state index contributed by atoms with van der Waals surface area (Å²) in [4.78, 5) is 16.3. The summed E-state index contributed by atoms with van der Waals surface area (Å²) < 4.78 is 29.2. The Balaban J connectivity index is 1.45. The molecule has 0 unspecified atom stereocenters. The van der Waals surface area contributed by atoms with Crippen LogP contribution in [0.2, 0.25) is 0 Å². The van der Waals surface area contributed by atoms with Crippen LogP contribution < -0.4 is 10.0 Å². The van der Waals surface area contributed by atoms with E-state index in [1.165, 1.54) is 0 Å². The summed E-state index contributed by atoms with van der Waals surface area (Å²) >= 11 is 0. The summed E-state index contributed by atoms with van der Waals surface area (Å²) in [5.74, 6) is 0.125. The number of hydrogen-bond acceptors (Lipinski definition) is 5. The van der Waals surface area contributed by atoms with Crippen molar-refractivity contribution in [3.8, 4) is 0 Å². The molecule has 0 saturated heterocycles. The number of sulfonamides is 1. The Labute approximate surface area is 189 Å². The number of nitrogens with zero attached hydrogens (tertiary/aromatic N) is 3. The number of carbonyl (C=O) groups is 1. The molecule has 2 heterocycles. The average Bonchev–Trinajstić information content (AvgIpc) is 3.19. The molecule has 9 heteroatoms. The summed E-state index contributed by atoms with van der Waals surface area (Å²) in [5, 5.41) is 7.02. The van der Waals surface area contributed by atoms with Crippen LogP contribution in [0.25, 0.3) is 0 Å². The van der Waals surface area contributed by atoms with E-state index in [-0.39, 0.29) is 29.2 Å². The maximum atomic E-state index is 12.5. The fourth-order valence-corrected chi connectivity index (χ4v) is 4.10. The maximum Gasteiger partial charge on any atom is 0.240 e. The minimum atomic E-state index is -3.67. The number of carbonyl (C=O) groups excluding carboxylic acids is 1. The van der Waals surface area contributed by atoms with Gasteiger partial charge in [0.1, 0.15) is 0 Å². The fourth-order valence-electron chi connectivity index (χ4n) is 3.07. The molecule has 1 aromatic carbocycles. The van der Waals surface area contributed by atoms with Crippen molar-refractivity contribution in [2.45, 2.75) is 50.5 Å². The average molecular weight is 456 g/mol. The quantitative estimate of drug-likeness (QED) is 0.516. The van der Waals surface area contributed by atoms with Crippen molar-refractivity contribution in [3.63, 3.8) is 0 Å². The topological polar surface area (TPSA) is 106 Å². The van der Waals surface area contributed by atoms with Gasteiger partial charge in [-0.25, -0.2) is 13.1 Å². The van der Waals surface area contributed by atoms with Crippen LogP contribution >= 0.6 is 0 Å². The van der Waals surface area contributed by atoms with E-state index in [2.05, 4.69) is 40.9 Å². The zero-order chi connectivity index (χ0) is 23.2. The third-order valence-electron chi connectivity index (χ3n) is 4.96. The molecule has 2 aromatic heterocycles. The fraction of sp³-hybridized carbons (Fsp3) is 0.348. The van der Waals surface area contributed by atoms with Gasteiger partial charge in [0.15, 0.2) is 5.82 Å². The van der Waals surface area contributed by atoms with Gasteiger partial charge in [0.05, 0.1) is 4.90 Å². The van der Waals surface area contributed by atoms with Crippen LogP contribution in [0.1, 0.15) is 38.3 Å². The van der Waals surface area contributed by atoms with Crippen molar-refractivity contribution in [2.24, 2.45) is 0 Å². The molecule has 3 aromatic rings. The lowest BCUT2D eigenvalue weighted by Gasteiger charge is -2.19. The van der Waals surface area contributed by atoms with Crippen LogP contribution in [0.5, 0.6) is 0 Å². The first-order valence-electron chi connectivity index (χ1n) is 10.5. The molecule has 0 atom stereocenters. The van der Waals surface area contributed by atoms with Crippen LogP contribution in [-0.2, 0) is 33.2 Å². The van der Waals surface area contributed by atoms with E-state index in [9.17, 15) is 13.2 Å². The van der Waals surface area contributed by atoms with Crippen LogP contribution in [0.15, 0.2) is 66.0 Å². The van der Waals surface area contributed by atoms with Crippen molar-refractivity contribution in [1.82, 2.24) is 19.5 Å². The van der Waals surface area contributed by atoms with Gasteiger partial charge in [0.2, 0.25) is 15.9 Å². The number of hydrogen-bond donors (Lipinski definition) is 2. The van der Waals surface area contributed by atoms with Gasteiger partial charge in [0.25, 0.3) is 0 Å². The van der Waals surface area contributed by atoms with E-state index in [0.717, 1.165) is 17.5 Å². The normalized spacial score (nSPS) is 12.0. The molecule has 1 amide bonds. The molecule has 170 valence electrons. The molecule has 0 aliphatic rings. The Bertz CT molecular complexity index is 1130. The Morgan fingerprint density at radius 2 is 1.72 bits per heavy atom. The molecule has 0 aliphatic heterocycles. The van der Waals surface area contributed by atoms with Crippen molar-refractivity contribution < 1.29 is 13.2 Å². The van der Waals surface area contributed by atoms with Crippen molar-refractivity contribution in [3.05, 3.63) is 72.2 Å². The van der Waals surface area contributed by atoms with Crippen LogP contribution in [-0.4, -0.2) is 35.6 Å². The standard InChI is InChI=1S/C23H29N5O3S/c1-23(2,3)19-4-6-20(7-5-19)32(30,31)25-15-10-22(29)26-21-12-17-28(27-21)16-11-18-8-13-24-14-9-18/h4-9,12-14,17,25H,10-11,15-16H2,1-3H3,(H,26,27,29). The van der Waals surface area contributed by atoms with Crippen molar-refractivity contribution in [2.75, 3.05) is 11.9 Å². The zero-order valence-electron chi connectivity index (χ0n) is 18.6. The van der Waals surface area contributed by atoms with Gasteiger partial charge in [-0.05, 0) is 47.2 Å². The summed E-state index contributed by atoms with van der Waals surface area (Å²) in [6, 6.07) is 12.4. The molecule has 0 spiro atoms. The van der Waals surface area contributed by atoms with Gasteiger partial charge in [-0.15, -0.1) is 0 Å². The van der Waals surface area contributed by atoms with E-state index < -0.39 is 10.0 Å². The number of benzene rings is 1. The Hall–Kier alpha value is -3.04. The lowest BCUT2D eigenvalue weighted by molar-refractivity contribution is -0.116. The van der Waals surface area contributed by atoms with Gasteiger partial charge in [-0.1, -0.05) is 32.9 Å². The number of nitrogens with one attached hydrogen (secondary N) is 2. The molecular formula is C23H29N5O3S. The second-order valence-corrected chi connectivity index (χ2v) is 10.3. The summed E-state index contributed by atoms with van der Waals surface area (Å²) in [6.07, 6.45) is 6.10. The first-order chi connectivity index (χ1) is 15.1. The number of amides is 1. The smallest absolute Gasteiger partial charge is 0.240 e. The highest BCUT2D eigenvalue weighted by atomic mass is 32.2. The lowest BCUT2D eigenvalue weighted by Crippen LogP contribution is -2.28. The minimum absolute atomic E-state index is 0.00204. The SMILES string of the molecule is CC(C)(C)c1ccc(S(=O)(=O)NCCC(=O)Nc2ccn(CCc3ccncc3)n2)cc1. The first-order valence-corrected chi connectivity index (χ1v) is 11.9. The van der Waals surface area contributed by atoms with Gasteiger partial charge < -0.3 is 5.32 Å². The van der Waals surface area contributed by atoms with Crippen LogP contribution in [0, 0.1) is 0 Å². The van der Waals surface area contributed by atoms with E-state index in [0.29, 0.717) is 12.4 Å². The van der Waals surface area contributed by atoms with Crippen LogP contribution in [0.3, 0.4) is 0 Å². The van der Waals surface area contributed by atoms with Gasteiger partial charge in [-0.3, -0.25) is 14.5 Å². The second-order valence-electron chi connectivity index (χ2n) is 8.54. The predicted molar refractivity (Wildman–Crippen MR) is 124 cm³/mol. The molecule has 0 aliphatic carbocycles. The highest BCUT2D eigenvalue weighted by Gasteiger charge is 2.17. The minimum Gasteiger partial charge on any atom is -0.309 e. The molecule has 0 radical (unpaired) electrons. The van der Waals surface area contributed by atoms with E-state index >= 15 is 0 Å². The molecule has 3 rings (SSSR count). The van der Waals surface area contributed by atoms with E-state index in [1.54, 1.807) is 41.5 Å². The predicted octanol–water partition coefficient (Wildman–Crippen LogP) is 3.13. The van der Waals surface area contributed by atoms with E-state index in [4.69, 9.17) is 0 Å². The zero-order valence-corrected chi connectivity index (χ0v) is 19.4.